The maximum Gasteiger partial charge on any atom is 0.504 e. The van der Waals surface area contributed by atoms with Crippen LogP contribution in [-0.2, 0) is 18.1 Å². The van der Waals surface area contributed by atoms with Crippen LogP contribution in [0.1, 0.15) is 20.3 Å². The van der Waals surface area contributed by atoms with Crippen molar-refractivity contribution < 1.29 is 28.3 Å². The molecule has 2 aliphatic rings. The van der Waals surface area contributed by atoms with Crippen LogP contribution in [0.2, 0.25) is 5.54 Å². The Kier molecular flexibility index (Phi) is 3.06. The summed E-state index contributed by atoms with van der Waals surface area (Å²) in [6.45, 7) is 4.12. The third kappa shape index (κ3) is 1.78. The molecule has 2 N–H and O–H groups in total. The monoisotopic (exact) mass is 248 g/mol. The third-order valence-corrected chi connectivity index (χ3v) is 6.14. The molecule has 0 aromatic carbocycles. The first-order valence-electron chi connectivity index (χ1n) is 5.37. The van der Waals surface area contributed by atoms with Crippen LogP contribution in [0.4, 0.5) is 0 Å². The largest absolute Gasteiger partial charge is 0.504 e. The fraction of sp³-hybridized carbons (Fsp3) is 0.889. The van der Waals surface area contributed by atoms with Gasteiger partial charge in [0, 0.05) is 12.1 Å². The van der Waals surface area contributed by atoms with E-state index in [-0.39, 0.29) is 5.54 Å². The molecular weight excluding hydrogens is 232 g/mol. The number of carboxylic acid groups (broad SMARTS) is 1. The summed E-state index contributed by atoms with van der Waals surface area (Å²) in [6, 6.07) is 0. The lowest BCUT2D eigenvalue weighted by atomic mass is 10.1. The van der Waals surface area contributed by atoms with E-state index < -0.39 is 33.1 Å². The highest BCUT2D eigenvalue weighted by molar-refractivity contribution is 6.63. The smallest absolute Gasteiger partial charge is 0.479 e. The Labute approximate surface area is 94.5 Å². The van der Waals surface area contributed by atoms with Crippen LogP contribution in [-0.4, -0.2) is 49.9 Å². The highest BCUT2D eigenvalue weighted by atomic mass is 28.4. The van der Waals surface area contributed by atoms with E-state index in [1.807, 2.05) is 13.8 Å². The van der Waals surface area contributed by atoms with Crippen molar-refractivity contribution in [3.05, 3.63) is 0 Å². The van der Waals surface area contributed by atoms with Gasteiger partial charge in [-0.3, -0.25) is 0 Å². The molecule has 6 nitrogen and oxygen atoms in total. The van der Waals surface area contributed by atoms with E-state index in [9.17, 15) is 9.90 Å². The first kappa shape index (κ1) is 12.0. The molecule has 0 aliphatic carbocycles. The Bertz CT molecular complexity index is 296. The summed E-state index contributed by atoms with van der Waals surface area (Å²) in [5.41, 5.74) is -0.00958. The van der Waals surface area contributed by atoms with Crippen LogP contribution in [0, 0.1) is 0 Å². The van der Waals surface area contributed by atoms with Crippen molar-refractivity contribution in [1.82, 2.24) is 0 Å². The van der Waals surface area contributed by atoms with Gasteiger partial charge in [-0.2, -0.15) is 0 Å². The fourth-order valence-corrected chi connectivity index (χ4v) is 4.71. The molecule has 2 rings (SSSR count). The molecule has 4 atom stereocenters. The second kappa shape index (κ2) is 4.08. The molecule has 2 fully saturated rings. The van der Waals surface area contributed by atoms with E-state index >= 15 is 0 Å². The quantitative estimate of drug-likeness (QED) is 0.668. The fourth-order valence-electron chi connectivity index (χ4n) is 1.99. The van der Waals surface area contributed by atoms with Crippen LogP contribution in [0.25, 0.3) is 0 Å². The highest BCUT2D eigenvalue weighted by Gasteiger charge is 2.61. The molecule has 7 heteroatoms. The average Bonchev–Trinajstić information content (AvgIpc) is 2.50. The van der Waals surface area contributed by atoms with E-state index in [0.717, 1.165) is 0 Å². The lowest BCUT2D eigenvalue weighted by Crippen LogP contribution is -2.45. The number of fused-ring (bicyclic) bond motifs is 2. The zero-order chi connectivity index (χ0) is 11.9. The Morgan fingerprint density at radius 3 is 2.69 bits per heavy atom. The van der Waals surface area contributed by atoms with Crippen molar-refractivity contribution in [2.75, 3.05) is 6.61 Å². The first-order chi connectivity index (χ1) is 7.46. The van der Waals surface area contributed by atoms with Crippen molar-refractivity contribution >= 4 is 14.8 Å². The van der Waals surface area contributed by atoms with Gasteiger partial charge in [-0.05, 0) is 6.42 Å². The molecular formula is C9H16O6Si. The van der Waals surface area contributed by atoms with Crippen LogP contribution in [0.5, 0.6) is 0 Å². The van der Waals surface area contributed by atoms with Crippen molar-refractivity contribution in [3.63, 3.8) is 0 Å². The molecule has 2 heterocycles. The summed E-state index contributed by atoms with van der Waals surface area (Å²) < 4.78 is 16.7. The summed E-state index contributed by atoms with van der Waals surface area (Å²) in [5, 5.41) is 18.8. The van der Waals surface area contributed by atoms with Crippen LogP contribution < -0.4 is 0 Å². The van der Waals surface area contributed by atoms with Gasteiger partial charge in [0.2, 0.25) is 0 Å². The van der Waals surface area contributed by atoms with Gasteiger partial charge in [0.05, 0.1) is 6.10 Å². The minimum Gasteiger partial charge on any atom is -0.479 e. The zero-order valence-electron chi connectivity index (χ0n) is 9.25. The molecule has 2 bridgehead atoms. The van der Waals surface area contributed by atoms with Gasteiger partial charge in [0.15, 0.2) is 6.10 Å². The Morgan fingerprint density at radius 2 is 2.12 bits per heavy atom. The summed E-state index contributed by atoms with van der Waals surface area (Å²) in [4.78, 5) is 11.0. The van der Waals surface area contributed by atoms with Gasteiger partial charge in [0.25, 0.3) is 0 Å². The molecule has 0 radical (unpaired) electrons. The maximum absolute atomic E-state index is 11.0. The van der Waals surface area contributed by atoms with Gasteiger partial charge >= 0.3 is 14.8 Å². The van der Waals surface area contributed by atoms with E-state index in [2.05, 4.69) is 0 Å². The van der Waals surface area contributed by atoms with Gasteiger partial charge in [-0.25, -0.2) is 4.79 Å². The first-order valence-corrected chi connectivity index (χ1v) is 7.17. The molecule has 0 amide bonds. The van der Waals surface area contributed by atoms with E-state index in [0.29, 0.717) is 13.0 Å². The molecule has 0 aromatic rings. The van der Waals surface area contributed by atoms with Gasteiger partial charge in [0.1, 0.15) is 6.10 Å². The molecule has 0 aromatic heterocycles. The number of hydrogen-bond donors (Lipinski definition) is 2. The average molecular weight is 248 g/mol. The van der Waals surface area contributed by atoms with Crippen molar-refractivity contribution in [2.45, 2.75) is 44.1 Å². The lowest BCUT2D eigenvalue weighted by Gasteiger charge is -2.26. The van der Waals surface area contributed by atoms with Crippen molar-refractivity contribution in [2.24, 2.45) is 0 Å². The number of rotatable bonds is 2. The topological polar surface area (TPSA) is 85.2 Å². The molecule has 2 aliphatic heterocycles. The molecule has 92 valence electrons. The molecule has 4 unspecified atom stereocenters. The van der Waals surface area contributed by atoms with Crippen molar-refractivity contribution in [1.29, 1.82) is 0 Å². The van der Waals surface area contributed by atoms with E-state index in [4.69, 9.17) is 18.4 Å². The Morgan fingerprint density at radius 1 is 1.44 bits per heavy atom. The second-order valence-corrected chi connectivity index (χ2v) is 7.54. The number of hydrogen-bond acceptors (Lipinski definition) is 5. The summed E-state index contributed by atoms with van der Waals surface area (Å²) in [7, 11) is -2.92. The molecule has 0 spiro atoms. The predicted molar refractivity (Wildman–Crippen MR) is 54.8 cm³/mol. The molecule has 2 saturated heterocycles. The normalized spacial score (nSPS) is 43.4. The highest BCUT2D eigenvalue weighted by Crippen LogP contribution is 2.38. The molecule has 0 saturated carbocycles. The Balaban J connectivity index is 2.28. The number of carbonyl (C=O) groups is 1. The van der Waals surface area contributed by atoms with Gasteiger partial charge in [-0.15, -0.1) is 0 Å². The SMILES string of the molecule is CC(C)[Si]12OCCC(O)C(O1)C(C(=O)O)O2. The number of aliphatic carboxylic acids is 1. The predicted octanol–water partition coefficient (Wildman–Crippen LogP) is -0.0149. The number of aliphatic hydroxyl groups excluding tert-OH is 1. The van der Waals surface area contributed by atoms with Gasteiger partial charge < -0.3 is 23.5 Å². The minimum absolute atomic E-state index is 0.00958. The molecule has 16 heavy (non-hydrogen) atoms. The Hall–Kier alpha value is -0.473. The lowest BCUT2D eigenvalue weighted by molar-refractivity contribution is -0.149. The minimum atomic E-state index is -2.92. The van der Waals surface area contributed by atoms with Crippen molar-refractivity contribution in [3.8, 4) is 0 Å². The summed E-state index contributed by atoms with van der Waals surface area (Å²) in [5.74, 6) is -1.11. The maximum atomic E-state index is 11.0. The standard InChI is InChI=1S/C9H16O6Si/c1-5(2)16-13-4-3-6(10)7(14-16)8(15-16)9(11)12/h5-8,10H,3-4H2,1-2H3,(H,11,12). The van der Waals surface area contributed by atoms with E-state index in [1.165, 1.54) is 0 Å². The summed E-state index contributed by atoms with van der Waals surface area (Å²) in [6.07, 6.45) is -2.35. The van der Waals surface area contributed by atoms with E-state index in [1.54, 1.807) is 0 Å². The number of carboxylic acids is 1. The van der Waals surface area contributed by atoms with Crippen LogP contribution in [0.15, 0.2) is 0 Å². The van der Waals surface area contributed by atoms with Gasteiger partial charge in [-0.1, -0.05) is 13.8 Å². The second-order valence-electron chi connectivity index (χ2n) is 4.42. The zero-order valence-corrected chi connectivity index (χ0v) is 10.3. The summed E-state index contributed by atoms with van der Waals surface area (Å²) >= 11 is 0. The van der Waals surface area contributed by atoms with Crippen LogP contribution >= 0.6 is 0 Å². The number of aliphatic hydroxyl groups is 1. The third-order valence-electron chi connectivity index (χ3n) is 2.94. The van der Waals surface area contributed by atoms with Crippen LogP contribution in [0.3, 0.4) is 0 Å².